The highest BCUT2D eigenvalue weighted by atomic mass is 35.5. The third kappa shape index (κ3) is 14.0. The fourth-order valence-corrected chi connectivity index (χ4v) is 1.49. The zero-order chi connectivity index (χ0) is 11.4. The number of methoxy groups -OCH3 is 1. The van der Waals surface area contributed by atoms with Gasteiger partial charge in [-0.25, -0.2) is 0 Å². The zero-order valence-corrected chi connectivity index (χ0v) is 11.7. The van der Waals surface area contributed by atoms with E-state index in [1.807, 2.05) is 0 Å². The number of rotatable bonds is 10. The Morgan fingerprint density at radius 1 is 1.31 bits per heavy atom. The molecule has 0 unspecified atom stereocenters. The summed E-state index contributed by atoms with van der Waals surface area (Å²) in [5.74, 6) is 1.21. The molecule has 0 saturated heterocycles. The van der Waals surface area contributed by atoms with Gasteiger partial charge in [0.15, 0.2) is 0 Å². The van der Waals surface area contributed by atoms with Crippen molar-refractivity contribution in [2.45, 2.75) is 12.8 Å². The van der Waals surface area contributed by atoms with Crippen LogP contribution in [0.15, 0.2) is 0 Å². The molecule has 0 aliphatic carbocycles. The van der Waals surface area contributed by atoms with E-state index < -0.39 is 0 Å². The first-order valence-electron chi connectivity index (χ1n) is 5.26. The molecular weight excluding hydrogens is 248 g/mol. The molecule has 0 aliphatic rings. The molecule has 0 aromatic heterocycles. The summed E-state index contributed by atoms with van der Waals surface area (Å²) in [6.07, 6.45) is 3.65. The second-order valence-corrected chi connectivity index (χ2v) is 4.17. The number of hydrogen-bond acceptors (Lipinski definition) is 4. The molecule has 0 atom stereocenters. The Hall–Kier alpha value is 0.0300. The SMILES string of the molecule is COCCNCCNC(=O)CCCSC.Cl. The predicted octanol–water partition coefficient (Wildman–Crippen LogP) is 0.904. The Balaban J connectivity index is 0. The fourth-order valence-electron chi connectivity index (χ4n) is 1.05. The smallest absolute Gasteiger partial charge is 0.220 e. The van der Waals surface area contributed by atoms with Crippen LogP contribution in [0.2, 0.25) is 0 Å². The van der Waals surface area contributed by atoms with Gasteiger partial charge in [-0.05, 0) is 18.4 Å². The molecule has 0 bridgehead atoms. The van der Waals surface area contributed by atoms with E-state index in [0.29, 0.717) is 19.6 Å². The minimum atomic E-state index is 0. The molecule has 0 heterocycles. The summed E-state index contributed by atoms with van der Waals surface area (Å²) in [5.41, 5.74) is 0. The van der Waals surface area contributed by atoms with E-state index in [4.69, 9.17) is 4.74 Å². The second-order valence-electron chi connectivity index (χ2n) is 3.19. The highest BCUT2D eigenvalue weighted by molar-refractivity contribution is 7.98. The van der Waals surface area contributed by atoms with Crippen molar-refractivity contribution in [3.8, 4) is 0 Å². The summed E-state index contributed by atoms with van der Waals surface area (Å²) < 4.78 is 4.88. The summed E-state index contributed by atoms with van der Waals surface area (Å²) in [6, 6.07) is 0. The lowest BCUT2D eigenvalue weighted by molar-refractivity contribution is -0.121. The molecule has 2 N–H and O–H groups in total. The molecular formula is C10H23ClN2O2S. The van der Waals surface area contributed by atoms with Crippen molar-refractivity contribution < 1.29 is 9.53 Å². The van der Waals surface area contributed by atoms with Gasteiger partial charge in [-0.1, -0.05) is 0 Å². The van der Waals surface area contributed by atoms with Gasteiger partial charge in [0.2, 0.25) is 5.91 Å². The third-order valence-electron chi connectivity index (χ3n) is 1.86. The van der Waals surface area contributed by atoms with Crippen LogP contribution in [0.3, 0.4) is 0 Å². The number of hydrogen-bond donors (Lipinski definition) is 2. The largest absolute Gasteiger partial charge is 0.383 e. The van der Waals surface area contributed by atoms with Crippen LogP contribution < -0.4 is 10.6 Å². The van der Waals surface area contributed by atoms with E-state index in [9.17, 15) is 4.79 Å². The van der Waals surface area contributed by atoms with Crippen LogP contribution in [0.4, 0.5) is 0 Å². The van der Waals surface area contributed by atoms with Crippen molar-refractivity contribution in [3.63, 3.8) is 0 Å². The van der Waals surface area contributed by atoms with Crippen molar-refractivity contribution in [2.75, 3.05) is 45.4 Å². The van der Waals surface area contributed by atoms with Gasteiger partial charge in [0.25, 0.3) is 0 Å². The lowest BCUT2D eigenvalue weighted by Crippen LogP contribution is -2.32. The van der Waals surface area contributed by atoms with Gasteiger partial charge in [-0.2, -0.15) is 11.8 Å². The number of ether oxygens (including phenoxy) is 1. The van der Waals surface area contributed by atoms with Gasteiger partial charge in [-0.15, -0.1) is 12.4 Å². The summed E-state index contributed by atoms with van der Waals surface area (Å²) in [6.45, 7) is 3.04. The summed E-state index contributed by atoms with van der Waals surface area (Å²) in [7, 11) is 1.68. The number of nitrogens with one attached hydrogen (secondary N) is 2. The van der Waals surface area contributed by atoms with Crippen molar-refractivity contribution in [1.29, 1.82) is 0 Å². The Kier molecular flexibility index (Phi) is 17.3. The molecule has 1 amide bonds. The van der Waals surface area contributed by atoms with E-state index in [0.717, 1.165) is 25.3 Å². The van der Waals surface area contributed by atoms with Crippen molar-refractivity contribution in [1.82, 2.24) is 10.6 Å². The van der Waals surface area contributed by atoms with Gasteiger partial charge < -0.3 is 15.4 Å². The number of halogens is 1. The Morgan fingerprint density at radius 2 is 2.06 bits per heavy atom. The van der Waals surface area contributed by atoms with E-state index in [1.54, 1.807) is 18.9 Å². The zero-order valence-electron chi connectivity index (χ0n) is 10.1. The van der Waals surface area contributed by atoms with Crippen LogP contribution in [0, 0.1) is 0 Å². The highest BCUT2D eigenvalue weighted by Gasteiger charge is 1.98. The molecule has 0 aromatic rings. The molecule has 0 saturated carbocycles. The Bertz CT molecular complexity index is 162. The Labute approximate surface area is 109 Å². The monoisotopic (exact) mass is 270 g/mol. The molecule has 0 radical (unpaired) electrons. The topological polar surface area (TPSA) is 50.4 Å². The minimum Gasteiger partial charge on any atom is -0.383 e. The summed E-state index contributed by atoms with van der Waals surface area (Å²) in [5, 5.41) is 6.03. The molecule has 4 nitrogen and oxygen atoms in total. The number of carbonyl (C=O) groups excluding carboxylic acids is 1. The normalized spacial score (nSPS) is 9.62. The van der Waals surface area contributed by atoms with Crippen LogP contribution in [-0.4, -0.2) is 51.3 Å². The minimum absolute atomic E-state index is 0. The molecule has 0 aromatic carbocycles. The first-order valence-corrected chi connectivity index (χ1v) is 6.66. The van der Waals surface area contributed by atoms with Crippen LogP contribution in [0.1, 0.15) is 12.8 Å². The van der Waals surface area contributed by atoms with Gasteiger partial charge in [0, 0.05) is 33.2 Å². The van der Waals surface area contributed by atoms with E-state index in [-0.39, 0.29) is 18.3 Å². The molecule has 16 heavy (non-hydrogen) atoms. The molecule has 0 aliphatic heterocycles. The Morgan fingerprint density at radius 3 is 2.69 bits per heavy atom. The molecule has 98 valence electrons. The quantitative estimate of drug-likeness (QED) is 0.580. The summed E-state index contributed by atoms with van der Waals surface area (Å²) >= 11 is 1.77. The lowest BCUT2D eigenvalue weighted by Gasteiger charge is -2.06. The lowest BCUT2D eigenvalue weighted by atomic mass is 10.3. The van der Waals surface area contributed by atoms with Crippen molar-refractivity contribution in [2.24, 2.45) is 0 Å². The van der Waals surface area contributed by atoms with Crippen molar-refractivity contribution in [3.05, 3.63) is 0 Å². The third-order valence-corrected chi connectivity index (χ3v) is 2.56. The van der Waals surface area contributed by atoms with Crippen molar-refractivity contribution >= 4 is 30.1 Å². The average molecular weight is 271 g/mol. The first-order chi connectivity index (χ1) is 7.31. The van der Waals surface area contributed by atoms with Crippen LogP contribution in [0.25, 0.3) is 0 Å². The van der Waals surface area contributed by atoms with Gasteiger partial charge in [0.05, 0.1) is 6.61 Å². The molecule has 0 spiro atoms. The van der Waals surface area contributed by atoms with E-state index in [1.165, 1.54) is 0 Å². The van der Waals surface area contributed by atoms with Crippen LogP contribution in [-0.2, 0) is 9.53 Å². The predicted molar refractivity (Wildman–Crippen MR) is 72.6 cm³/mol. The van der Waals surface area contributed by atoms with E-state index in [2.05, 4.69) is 16.9 Å². The highest BCUT2D eigenvalue weighted by Crippen LogP contribution is 1.98. The average Bonchev–Trinajstić information content (AvgIpc) is 2.23. The molecule has 6 heteroatoms. The second kappa shape index (κ2) is 15.0. The first kappa shape index (κ1) is 18.4. The molecule has 0 fully saturated rings. The standard InChI is InChI=1S/C10H22N2O2S.ClH/c1-14-8-7-11-5-6-12-10(13)4-3-9-15-2;/h11H,3-9H2,1-2H3,(H,12,13);1H. The number of carbonyl (C=O) groups is 1. The van der Waals surface area contributed by atoms with Crippen LogP contribution >= 0.6 is 24.2 Å². The summed E-state index contributed by atoms with van der Waals surface area (Å²) in [4.78, 5) is 11.2. The number of amides is 1. The van der Waals surface area contributed by atoms with Gasteiger partial charge in [-0.3, -0.25) is 4.79 Å². The maximum absolute atomic E-state index is 11.2. The maximum Gasteiger partial charge on any atom is 0.220 e. The van der Waals surface area contributed by atoms with Gasteiger partial charge >= 0.3 is 0 Å². The number of thioether (sulfide) groups is 1. The van der Waals surface area contributed by atoms with E-state index >= 15 is 0 Å². The van der Waals surface area contributed by atoms with Gasteiger partial charge in [0.1, 0.15) is 0 Å². The fraction of sp³-hybridized carbons (Fsp3) is 0.900. The molecule has 0 rings (SSSR count). The van der Waals surface area contributed by atoms with Crippen LogP contribution in [0.5, 0.6) is 0 Å². The maximum atomic E-state index is 11.2.